The summed E-state index contributed by atoms with van der Waals surface area (Å²) in [5, 5.41) is 0. The molecular formula is C14H31N. The second-order valence-corrected chi connectivity index (χ2v) is 2.17. The molecule has 0 bridgehead atoms. The molecule has 0 rings (SSSR count). The van der Waals surface area contributed by atoms with Crippen molar-refractivity contribution in [1.82, 2.24) is 0 Å². The van der Waals surface area contributed by atoms with Crippen LogP contribution in [0.4, 0.5) is 0 Å². The zero-order chi connectivity index (χ0) is 13.3. The van der Waals surface area contributed by atoms with Crippen molar-refractivity contribution in [3.8, 4) is 0 Å². The van der Waals surface area contributed by atoms with E-state index in [9.17, 15) is 0 Å². The van der Waals surface area contributed by atoms with Crippen LogP contribution in [-0.2, 0) is 0 Å². The SMILES string of the molecule is C=CN=C(C)C=C(C)C.CC.CC.CC. The predicted octanol–water partition coefficient (Wildman–Crippen LogP) is 5.64. The van der Waals surface area contributed by atoms with Crippen molar-refractivity contribution in [2.24, 2.45) is 4.99 Å². The van der Waals surface area contributed by atoms with Crippen LogP contribution in [0.1, 0.15) is 62.3 Å². The van der Waals surface area contributed by atoms with Gasteiger partial charge >= 0.3 is 0 Å². The molecule has 0 unspecified atom stereocenters. The lowest BCUT2D eigenvalue weighted by Crippen LogP contribution is -1.82. The van der Waals surface area contributed by atoms with E-state index in [4.69, 9.17) is 0 Å². The van der Waals surface area contributed by atoms with Crippen LogP contribution in [0, 0.1) is 0 Å². The van der Waals surface area contributed by atoms with Crippen LogP contribution >= 0.6 is 0 Å². The number of aliphatic imine (C=N–C) groups is 1. The lowest BCUT2D eigenvalue weighted by atomic mass is 10.2. The van der Waals surface area contributed by atoms with E-state index >= 15 is 0 Å². The maximum atomic E-state index is 3.97. The van der Waals surface area contributed by atoms with E-state index in [1.165, 1.54) is 5.57 Å². The summed E-state index contributed by atoms with van der Waals surface area (Å²) in [6.07, 6.45) is 3.57. The standard InChI is InChI=1S/C8H13N.3C2H6/c1-5-9-8(4)6-7(2)3;3*1-2/h5-6H,1H2,2-4H3;3*1-2H3. The van der Waals surface area contributed by atoms with Gasteiger partial charge < -0.3 is 0 Å². The highest BCUT2D eigenvalue weighted by Gasteiger charge is 1.80. The molecule has 1 nitrogen and oxygen atoms in total. The van der Waals surface area contributed by atoms with Crippen molar-refractivity contribution >= 4 is 5.71 Å². The molecule has 0 aromatic heterocycles. The van der Waals surface area contributed by atoms with E-state index < -0.39 is 0 Å². The van der Waals surface area contributed by atoms with Gasteiger partial charge in [0.2, 0.25) is 0 Å². The molecular weight excluding hydrogens is 182 g/mol. The Hall–Kier alpha value is -0.850. The van der Waals surface area contributed by atoms with Crippen LogP contribution in [0.5, 0.6) is 0 Å². The highest BCUT2D eigenvalue weighted by atomic mass is 14.7. The predicted molar refractivity (Wildman–Crippen MR) is 76.8 cm³/mol. The molecule has 0 saturated heterocycles. The maximum absolute atomic E-state index is 3.97. The van der Waals surface area contributed by atoms with Crippen LogP contribution in [-0.4, -0.2) is 5.71 Å². The van der Waals surface area contributed by atoms with Gasteiger partial charge in [-0.05, 0) is 26.8 Å². The minimum Gasteiger partial charge on any atom is -0.262 e. The first kappa shape index (κ1) is 23.8. The van der Waals surface area contributed by atoms with Gasteiger partial charge in [-0.1, -0.05) is 53.7 Å². The summed E-state index contributed by atoms with van der Waals surface area (Å²) in [5.74, 6) is 0. The average Bonchev–Trinajstić information content (AvgIpc) is 2.26. The van der Waals surface area contributed by atoms with E-state index in [0.29, 0.717) is 0 Å². The molecule has 0 heterocycles. The van der Waals surface area contributed by atoms with Gasteiger partial charge in [-0.3, -0.25) is 4.99 Å². The quantitative estimate of drug-likeness (QED) is 0.527. The Labute approximate surface area is 98.0 Å². The zero-order valence-corrected chi connectivity index (χ0v) is 12.3. The van der Waals surface area contributed by atoms with Crippen molar-refractivity contribution in [2.75, 3.05) is 0 Å². The highest BCUT2D eigenvalue weighted by Crippen LogP contribution is 1.90. The van der Waals surface area contributed by atoms with Crippen LogP contribution in [0.3, 0.4) is 0 Å². The minimum atomic E-state index is 1.00. The van der Waals surface area contributed by atoms with Gasteiger partial charge in [0, 0.05) is 11.9 Å². The second-order valence-electron chi connectivity index (χ2n) is 2.17. The maximum Gasteiger partial charge on any atom is 0.0371 e. The van der Waals surface area contributed by atoms with Gasteiger partial charge in [-0.2, -0.15) is 0 Å². The van der Waals surface area contributed by atoms with Gasteiger partial charge in [0.15, 0.2) is 0 Å². The first-order chi connectivity index (χ1) is 7.16. The summed E-state index contributed by atoms with van der Waals surface area (Å²) in [4.78, 5) is 3.97. The fourth-order valence-electron chi connectivity index (χ4n) is 0.599. The summed E-state index contributed by atoms with van der Waals surface area (Å²) in [7, 11) is 0. The Kier molecular flexibility index (Phi) is 46.3. The number of hydrogen-bond donors (Lipinski definition) is 0. The smallest absolute Gasteiger partial charge is 0.0371 e. The largest absolute Gasteiger partial charge is 0.262 e. The van der Waals surface area contributed by atoms with Crippen LogP contribution in [0.15, 0.2) is 29.4 Å². The van der Waals surface area contributed by atoms with Gasteiger partial charge in [0.1, 0.15) is 0 Å². The topological polar surface area (TPSA) is 12.4 Å². The van der Waals surface area contributed by atoms with Crippen LogP contribution < -0.4 is 0 Å². The molecule has 0 aromatic carbocycles. The van der Waals surface area contributed by atoms with E-state index in [-0.39, 0.29) is 0 Å². The van der Waals surface area contributed by atoms with Gasteiger partial charge in [0.25, 0.3) is 0 Å². The Morgan fingerprint density at radius 1 is 0.867 bits per heavy atom. The van der Waals surface area contributed by atoms with Gasteiger partial charge in [0.05, 0.1) is 0 Å². The lowest BCUT2D eigenvalue weighted by molar-refractivity contribution is 1.39. The molecule has 0 spiro atoms. The third-order valence-electron chi connectivity index (χ3n) is 0.792. The number of nitrogens with zero attached hydrogens (tertiary/aromatic N) is 1. The first-order valence-corrected chi connectivity index (χ1v) is 5.97. The van der Waals surface area contributed by atoms with E-state index in [2.05, 4.69) is 11.6 Å². The van der Waals surface area contributed by atoms with E-state index in [0.717, 1.165) is 5.71 Å². The molecule has 0 atom stereocenters. The zero-order valence-electron chi connectivity index (χ0n) is 12.3. The third-order valence-corrected chi connectivity index (χ3v) is 0.792. The highest BCUT2D eigenvalue weighted by molar-refractivity contribution is 5.93. The molecule has 1 heteroatoms. The van der Waals surface area contributed by atoms with Crippen molar-refractivity contribution in [2.45, 2.75) is 62.3 Å². The van der Waals surface area contributed by atoms with Crippen molar-refractivity contribution < 1.29 is 0 Å². The van der Waals surface area contributed by atoms with E-state index in [1.54, 1.807) is 6.20 Å². The Bertz CT molecular complexity index is 149. The van der Waals surface area contributed by atoms with Crippen molar-refractivity contribution in [3.63, 3.8) is 0 Å². The molecule has 0 amide bonds. The third kappa shape index (κ3) is 43.2. The first-order valence-electron chi connectivity index (χ1n) is 5.97. The molecule has 15 heavy (non-hydrogen) atoms. The summed E-state index contributed by atoms with van der Waals surface area (Å²) < 4.78 is 0. The normalized spacial score (nSPS) is 7.67. The molecule has 0 saturated carbocycles. The average molecular weight is 213 g/mol. The summed E-state index contributed by atoms with van der Waals surface area (Å²) >= 11 is 0. The molecule has 0 radical (unpaired) electrons. The molecule has 0 aliphatic heterocycles. The minimum absolute atomic E-state index is 1.00. The molecule has 0 N–H and O–H groups in total. The lowest BCUT2D eigenvalue weighted by Gasteiger charge is -1.88. The van der Waals surface area contributed by atoms with Crippen LogP contribution in [0.25, 0.3) is 0 Å². The van der Waals surface area contributed by atoms with Gasteiger partial charge in [-0.15, -0.1) is 0 Å². The summed E-state index contributed by atoms with van der Waals surface area (Å²) in [5.41, 5.74) is 2.27. The Morgan fingerprint density at radius 2 is 1.20 bits per heavy atom. The number of rotatable bonds is 2. The van der Waals surface area contributed by atoms with E-state index in [1.807, 2.05) is 68.4 Å². The fourth-order valence-corrected chi connectivity index (χ4v) is 0.599. The number of hydrogen-bond acceptors (Lipinski definition) is 1. The molecule has 92 valence electrons. The Morgan fingerprint density at radius 3 is 1.40 bits per heavy atom. The summed E-state index contributed by atoms with van der Waals surface area (Å²) in [6, 6.07) is 0. The van der Waals surface area contributed by atoms with Crippen molar-refractivity contribution in [1.29, 1.82) is 0 Å². The monoisotopic (exact) mass is 213 g/mol. The molecule has 0 fully saturated rings. The molecule has 0 aliphatic carbocycles. The second kappa shape index (κ2) is 29.2. The van der Waals surface area contributed by atoms with Gasteiger partial charge in [-0.25, -0.2) is 0 Å². The number of allylic oxidation sites excluding steroid dienone is 2. The van der Waals surface area contributed by atoms with Crippen LogP contribution in [0.2, 0.25) is 0 Å². The molecule has 0 aliphatic rings. The Balaban J connectivity index is -0.0000000860. The fraction of sp³-hybridized carbons (Fsp3) is 0.643. The van der Waals surface area contributed by atoms with Crippen molar-refractivity contribution in [3.05, 3.63) is 24.4 Å². The summed E-state index contributed by atoms with van der Waals surface area (Å²) in [6.45, 7) is 21.5. The molecule has 0 aromatic rings.